The highest BCUT2D eigenvalue weighted by Gasteiger charge is 2.33. The van der Waals surface area contributed by atoms with Crippen molar-refractivity contribution in [2.75, 3.05) is 26.2 Å². The number of hydrogen-bond acceptors (Lipinski definition) is 2. The first-order valence-electron chi connectivity index (χ1n) is 7.88. The van der Waals surface area contributed by atoms with E-state index in [-0.39, 0.29) is 17.7 Å². The standard InChI is InChI=1S/C15H27F3N2O/c1-3-4-6-12(2)14(21)19-9-13-7-5-8-20(10-13)11-15(16,17)18/h12-13H,3-11H2,1-2H3,(H,19,21)/t12-,13-/m1/s1. The Kier molecular flexibility index (Phi) is 7.49. The zero-order valence-corrected chi connectivity index (χ0v) is 13.0. The molecule has 1 fully saturated rings. The second-order valence-corrected chi connectivity index (χ2v) is 6.15. The maximum Gasteiger partial charge on any atom is 0.401 e. The third-order valence-corrected chi connectivity index (χ3v) is 4.01. The van der Waals surface area contributed by atoms with Crippen LogP contribution < -0.4 is 5.32 Å². The van der Waals surface area contributed by atoms with Gasteiger partial charge in [-0.2, -0.15) is 13.2 Å². The topological polar surface area (TPSA) is 32.3 Å². The second-order valence-electron chi connectivity index (χ2n) is 6.15. The van der Waals surface area contributed by atoms with E-state index in [4.69, 9.17) is 0 Å². The van der Waals surface area contributed by atoms with Crippen LogP contribution in [-0.4, -0.2) is 43.2 Å². The van der Waals surface area contributed by atoms with Gasteiger partial charge < -0.3 is 5.32 Å². The molecule has 1 aliphatic rings. The fourth-order valence-electron chi connectivity index (χ4n) is 2.78. The largest absolute Gasteiger partial charge is 0.401 e. The van der Waals surface area contributed by atoms with Gasteiger partial charge in [-0.25, -0.2) is 0 Å². The number of halogens is 3. The monoisotopic (exact) mass is 308 g/mol. The lowest BCUT2D eigenvalue weighted by molar-refractivity contribution is -0.149. The molecule has 0 unspecified atom stereocenters. The summed E-state index contributed by atoms with van der Waals surface area (Å²) in [5.41, 5.74) is 0. The van der Waals surface area contributed by atoms with Gasteiger partial charge in [-0.05, 0) is 31.7 Å². The number of amides is 1. The number of unbranched alkanes of at least 4 members (excludes halogenated alkanes) is 1. The summed E-state index contributed by atoms with van der Waals surface area (Å²) in [6.45, 7) is 4.55. The molecule has 0 spiro atoms. The maximum atomic E-state index is 12.4. The van der Waals surface area contributed by atoms with Crippen molar-refractivity contribution in [3.63, 3.8) is 0 Å². The molecule has 1 amide bonds. The fraction of sp³-hybridized carbons (Fsp3) is 0.933. The van der Waals surface area contributed by atoms with Gasteiger partial charge in [0.05, 0.1) is 6.54 Å². The van der Waals surface area contributed by atoms with Crippen LogP contribution in [0.4, 0.5) is 13.2 Å². The molecule has 21 heavy (non-hydrogen) atoms. The summed E-state index contributed by atoms with van der Waals surface area (Å²) in [7, 11) is 0. The number of carbonyl (C=O) groups excluding carboxylic acids is 1. The summed E-state index contributed by atoms with van der Waals surface area (Å²) >= 11 is 0. The Morgan fingerprint density at radius 2 is 2.14 bits per heavy atom. The number of hydrogen-bond donors (Lipinski definition) is 1. The molecule has 0 saturated carbocycles. The lowest BCUT2D eigenvalue weighted by Crippen LogP contribution is -2.45. The molecule has 1 heterocycles. The number of likely N-dealkylation sites (tertiary alicyclic amines) is 1. The van der Waals surface area contributed by atoms with Gasteiger partial charge in [0.1, 0.15) is 0 Å². The van der Waals surface area contributed by atoms with Crippen molar-refractivity contribution in [1.29, 1.82) is 0 Å². The molecule has 0 bridgehead atoms. The average Bonchev–Trinajstić information content (AvgIpc) is 2.40. The number of rotatable bonds is 7. The molecule has 1 N–H and O–H groups in total. The van der Waals surface area contributed by atoms with Gasteiger partial charge >= 0.3 is 6.18 Å². The molecule has 1 rings (SSSR count). The van der Waals surface area contributed by atoms with E-state index in [0.29, 0.717) is 19.6 Å². The van der Waals surface area contributed by atoms with Crippen LogP contribution in [0.2, 0.25) is 0 Å². The summed E-state index contributed by atoms with van der Waals surface area (Å²) in [5, 5.41) is 2.90. The fourth-order valence-corrected chi connectivity index (χ4v) is 2.78. The van der Waals surface area contributed by atoms with Crippen LogP contribution in [0.15, 0.2) is 0 Å². The smallest absolute Gasteiger partial charge is 0.356 e. The molecule has 3 nitrogen and oxygen atoms in total. The summed E-state index contributed by atoms with van der Waals surface area (Å²) in [6.07, 6.45) is 0.469. The third kappa shape index (κ3) is 7.69. The van der Waals surface area contributed by atoms with Crippen molar-refractivity contribution in [3.05, 3.63) is 0 Å². The van der Waals surface area contributed by atoms with E-state index >= 15 is 0 Å². The first kappa shape index (κ1) is 18.3. The van der Waals surface area contributed by atoms with Crippen molar-refractivity contribution < 1.29 is 18.0 Å². The molecule has 1 aliphatic heterocycles. The number of nitrogens with one attached hydrogen (secondary N) is 1. The van der Waals surface area contributed by atoms with Gasteiger partial charge in [0.25, 0.3) is 0 Å². The van der Waals surface area contributed by atoms with Crippen LogP contribution in [0.25, 0.3) is 0 Å². The highest BCUT2D eigenvalue weighted by Crippen LogP contribution is 2.22. The highest BCUT2D eigenvalue weighted by atomic mass is 19.4. The molecular formula is C15H27F3N2O. The van der Waals surface area contributed by atoms with Gasteiger partial charge in [0.2, 0.25) is 5.91 Å². The Morgan fingerprint density at radius 3 is 2.76 bits per heavy atom. The van der Waals surface area contributed by atoms with Gasteiger partial charge in [-0.3, -0.25) is 9.69 Å². The molecule has 124 valence electrons. The van der Waals surface area contributed by atoms with E-state index in [1.165, 1.54) is 4.90 Å². The molecule has 0 aliphatic carbocycles. The molecule has 6 heteroatoms. The predicted octanol–water partition coefficient (Wildman–Crippen LogP) is 3.20. The van der Waals surface area contributed by atoms with E-state index in [1.807, 2.05) is 6.92 Å². The van der Waals surface area contributed by atoms with Gasteiger partial charge in [0.15, 0.2) is 0 Å². The minimum Gasteiger partial charge on any atom is -0.356 e. The lowest BCUT2D eigenvalue weighted by atomic mass is 9.97. The van der Waals surface area contributed by atoms with E-state index in [0.717, 1.165) is 32.1 Å². The number of nitrogens with zero attached hydrogens (tertiary/aromatic N) is 1. The van der Waals surface area contributed by atoms with E-state index < -0.39 is 12.7 Å². The van der Waals surface area contributed by atoms with Crippen LogP contribution in [0.5, 0.6) is 0 Å². The number of piperidine rings is 1. The zero-order chi connectivity index (χ0) is 15.9. The molecule has 0 radical (unpaired) electrons. The van der Waals surface area contributed by atoms with Crippen LogP contribution in [0, 0.1) is 11.8 Å². The second kappa shape index (κ2) is 8.61. The van der Waals surface area contributed by atoms with Crippen LogP contribution >= 0.6 is 0 Å². The Bertz CT molecular complexity index is 321. The quantitative estimate of drug-likeness (QED) is 0.783. The summed E-state index contributed by atoms with van der Waals surface area (Å²) < 4.78 is 37.2. The number of alkyl halides is 3. The zero-order valence-electron chi connectivity index (χ0n) is 13.0. The van der Waals surface area contributed by atoms with Crippen molar-refractivity contribution in [1.82, 2.24) is 10.2 Å². The molecule has 2 atom stereocenters. The van der Waals surface area contributed by atoms with Gasteiger partial charge in [-0.1, -0.05) is 26.7 Å². The third-order valence-electron chi connectivity index (χ3n) is 4.01. The number of carbonyl (C=O) groups is 1. The first-order chi connectivity index (χ1) is 9.81. The van der Waals surface area contributed by atoms with Crippen LogP contribution in [0.1, 0.15) is 46.0 Å². The highest BCUT2D eigenvalue weighted by molar-refractivity contribution is 5.78. The minimum absolute atomic E-state index is 0.0141. The van der Waals surface area contributed by atoms with Crippen molar-refractivity contribution in [2.45, 2.75) is 52.1 Å². The van der Waals surface area contributed by atoms with Crippen molar-refractivity contribution in [3.8, 4) is 0 Å². The molecule has 0 aromatic heterocycles. The first-order valence-corrected chi connectivity index (χ1v) is 7.88. The maximum absolute atomic E-state index is 12.4. The molecule has 1 saturated heterocycles. The molecule has 0 aromatic rings. The minimum atomic E-state index is -4.14. The molecule has 0 aromatic carbocycles. The summed E-state index contributed by atoms with van der Waals surface area (Å²) in [4.78, 5) is 13.3. The average molecular weight is 308 g/mol. The van der Waals surface area contributed by atoms with E-state index in [9.17, 15) is 18.0 Å². The van der Waals surface area contributed by atoms with Crippen molar-refractivity contribution >= 4 is 5.91 Å². The van der Waals surface area contributed by atoms with Gasteiger partial charge in [0, 0.05) is 19.0 Å². The van der Waals surface area contributed by atoms with E-state index in [1.54, 1.807) is 0 Å². The van der Waals surface area contributed by atoms with Crippen LogP contribution in [0.3, 0.4) is 0 Å². The van der Waals surface area contributed by atoms with Crippen LogP contribution in [-0.2, 0) is 4.79 Å². The summed E-state index contributed by atoms with van der Waals surface area (Å²) in [6, 6.07) is 0. The Labute approximate surface area is 125 Å². The Morgan fingerprint density at radius 1 is 1.43 bits per heavy atom. The van der Waals surface area contributed by atoms with Crippen molar-refractivity contribution in [2.24, 2.45) is 11.8 Å². The van der Waals surface area contributed by atoms with Gasteiger partial charge in [-0.15, -0.1) is 0 Å². The predicted molar refractivity (Wildman–Crippen MR) is 76.9 cm³/mol. The van der Waals surface area contributed by atoms with E-state index in [2.05, 4.69) is 12.2 Å². The Balaban J connectivity index is 2.29. The normalized spacial score (nSPS) is 22.0. The summed E-state index contributed by atoms with van der Waals surface area (Å²) in [5.74, 6) is 0.139. The SMILES string of the molecule is CCCC[C@@H](C)C(=O)NC[C@H]1CCCN(CC(F)(F)F)C1. The molecular weight excluding hydrogens is 281 g/mol. The lowest BCUT2D eigenvalue weighted by Gasteiger charge is -2.33. The Hall–Kier alpha value is -0.780.